The third kappa shape index (κ3) is 3.91. The van der Waals surface area contributed by atoms with Gasteiger partial charge in [-0.25, -0.2) is 4.79 Å². The van der Waals surface area contributed by atoms with E-state index in [1.807, 2.05) is 36.4 Å². The third-order valence-corrected chi connectivity index (χ3v) is 5.91. The maximum absolute atomic E-state index is 13.7. The lowest BCUT2D eigenvalue weighted by atomic mass is 10.4. The number of hydrogen-bond acceptors (Lipinski definition) is 3. The van der Waals surface area contributed by atoms with Gasteiger partial charge in [0.15, 0.2) is 0 Å². The molecule has 0 bridgehead atoms. The number of esters is 1. The van der Waals surface area contributed by atoms with Crippen LogP contribution < -0.4 is 15.7 Å². The molecular formula is C18H20NO3P. The van der Waals surface area contributed by atoms with Crippen molar-refractivity contribution in [1.82, 2.24) is 5.09 Å². The molecule has 0 unspecified atom stereocenters. The Morgan fingerprint density at radius 1 is 1.04 bits per heavy atom. The van der Waals surface area contributed by atoms with Crippen LogP contribution in [0.4, 0.5) is 0 Å². The summed E-state index contributed by atoms with van der Waals surface area (Å²) in [5.74, 6) is -0.512. The number of allylic oxidation sites excluding steroid dienone is 1. The van der Waals surface area contributed by atoms with Gasteiger partial charge in [0.2, 0.25) is 7.29 Å². The lowest BCUT2D eigenvalue weighted by Crippen LogP contribution is -2.30. The number of benzene rings is 2. The van der Waals surface area contributed by atoms with E-state index >= 15 is 0 Å². The van der Waals surface area contributed by atoms with Crippen molar-refractivity contribution in [2.45, 2.75) is 13.8 Å². The Kier molecular flexibility index (Phi) is 5.78. The summed E-state index contributed by atoms with van der Waals surface area (Å²) >= 11 is 0. The molecular weight excluding hydrogens is 309 g/mol. The predicted molar refractivity (Wildman–Crippen MR) is 93.3 cm³/mol. The first-order valence-electron chi connectivity index (χ1n) is 7.44. The highest BCUT2D eigenvalue weighted by Gasteiger charge is 2.29. The van der Waals surface area contributed by atoms with Crippen LogP contribution >= 0.6 is 7.29 Å². The van der Waals surface area contributed by atoms with E-state index in [0.717, 1.165) is 0 Å². The molecule has 0 fully saturated rings. The summed E-state index contributed by atoms with van der Waals surface area (Å²) in [5.41, 5.74) is 0.197. The van der Waals surface area contributed by atoms with Gasteiger partial charge in [-0.1, -0.05) is 42.5 Å². The summed E-state index contributed by atoms with van der Waals surface area (Å²) in [4.78, 5) is 12.0. The molecule has 0 aliphatic rings. The number of nitrogens with one attached hydrogen (secondary N) is 1. The van der Waals surface area contributed by atoms with E-state index in [9.17, 15) is 9.36 Å². The molecule has 0 atom stereocenters. The van der Waals surface area contributed by atoms with Gasteiger partial charge in [0.25, 0.3) is 0 Å². The summed E-state index contributed by atoms with van der Waals surface area (Å²) in [6, 6.07) is 18.2. The summed E-state index contributed by atoms with van der Waals surface area (Å²) in [6.45, 7) is 3.71. The zero-order chi connectivity index (χ0) is 16.7. The van der Waals surface area contributed by atoms with Crippen LogP contribution in [0.15, 0.2) is 72.4 Å². The fourth-order valence-electron chi connectivity index (χ4n) is 2.16. The van der Waals surface area contributed by atoms with Crippen LogP contribution in [-0.4, -0.2) is 12.6 Å². The van der Waals surface area contributed by atoms with Crippen molar-refractivity contribution >= 4 is 23.9 Å². The van der Waals surface area contributed by atoms with Crippen LogP contribution in [0.5, 0.6) is 0 Å². The molecule has 0 aliphatic heterocycles. The number of carbonyl (C=O) groups excluding carboxylic acids is 1. The second kappa shape index (κ2) is 7.80. The number of ether oxygens (including phenoxy) is 1. The van der Waals surface area contributed by atoms with Gasteiger partial charge in [-0.3, -0.25) is 4.57 Å². The van der Waals surface area contributed by atoms with E-state index in [2.05, 4.69) is 5.09 Å². The third-order valence-electron chi connectivity index (χ3n) is 3.30. The molecule has 0 radical (unpaired) electrons. The van der Waals surface area contributed by atoms with E-state index in [1.54, 1.807) is 44.2 Å². The second-order valence-corrected chi connectivity index (χ2v) is 7.29. The molecule has 23 heavy (non-hydrogen) atoms. The smallest absolute Gasteiger partial charge is 0.354 e. The van der Waals surface area contributed by atoms with Crippen LogP contribution in [0.3, 0.4) is 0 Å². The van der Waals surface area contributed by atoms with Gasteiger partial charge >= 0.3 is 5.97 Å². The first-order chi connectivity index (χ1) is 11.1. The van der Waals surface area contributed by atoms with E-state index in [-0.39, 0.29) is 12.3 Å². The molecule has 1 N–H and O–H groups in total. The molecule has 0 heterocycles. The molecule has 0 amide bonds. The van der Waals surface area contributed by atoms with E-state index in [4.69, 9.17) is 4.74 Å². The van der Waals surface area contributed by atoms with E-state index < -0.39 is 13.3 Å². The predicted octanol–water partition coefficient (Wildman–Crippen LogP) is 2.97. The molecule has 2 rings (SSSR count). The first kappa shape index (κ1) is 17.0. The number of hydrogen-bond donors (Lipinski definition) is 1. The molecule has 0 aliphatic carbocycles. The standard InChI is InChI=1S/C18H20NO3P/c1-3-17(18(20)22-4-2)19-23(21,15-11-7-5-8-12-15)16-13-9-6-10-14-16/h3,5-14H,4H2,1-2H3,(H,19,21)/b17-3+. The SMILES string of the molecule is C/C=C(/NP(=O)(c1ccccc1)c1ccccc1)C(=O)OCC. The van der Waals surface area contributed by atoms with Gasteiger partial charge < -0.3 is 9.82 Å². The lowest BCUT2D eigenvalue weighted by Gasteiger charge is -2.22. The van der Waals surface area contributed by atoms with Gasteiger partial charge in [0, 0.05) is 10.6 Å². The Bertz CT molecular complexity index is 683. The highest BCUT2D eigenvalue weighted by Crippen LogP contribution is 2.39. The Morgan fingerprint density at radius 2 is 1.52 bits per heavy atom. The topological polar surface area (TPSA) is 55.4 Å². The Morgan fingerprint density at radius 3 is 1.91 bits per heavy atom. The van der Waals surface area contributed by atoms with Crippen LogP contribution in [0.2, 0.25) is 0 Å². The fourth-order valence-corrected chi connectivity index (χ4v) is 4.46. The van der Waals surface area contributed by atoms with Crippen molar-refractivity contribution in [3.8, 4) is 0 Å². The molecule has 5 heteroatoms. The monoisotopic (exact) mass is 329 g/mol. The van der Waals surface area contributed by atoms with Crippen molar-refractivity contribution in [3.63, 3.8) is 0 Å². The maximum atomic E-state index is 13.7. The summed E-state index contributed by atoms with van der Waals surface area (Å²) in [6.07, 6.45) is 1.58. The van der Waals surface area contributed by atoms with Crippen molar-refractivity contribution < 1.29 is 14.1 Å². The highest BCUT2D eigenvalue weighted by atomic mass is 31.2. The second-order valence-electron chi connectivity index (χ2n) is 4.81. The van der Waals surface area contributed by atoms with Gasteiger partial charge in [-0.2, -0.15) is 0 Å². The van der Waals surface area contributed by atoms with Crippen LogP contribution in [0.1, 0.15) is 13.8 Å². The van der Waals surface area contributed by atoms with Crippen LogP contribution in [-0.2, 0) is 14.1 Å². The van der Waals surface area contributed by atoms with Crippen molar-refractivity contribution in [1.29, 1.82) is 0 Å². The first-order valence-corrected chi connectivity index (χ1v) is 9.15. The largest absolute Gasteiger partial charge is 0.461 e. The fraction of sp³-hybridized carbons (Fsp3) is 0.167. The van der Waals surface area contributed by atoms with E-state index in [0.29, 0.717) is 10.6 Å². The zero-order valence-electron chi connectivity index (χ0n) is 13.2. The molecule has 0 aromatic heterocycles. The van der Waals surface area contributed by atoms with Crippen molar-refractivity contribution in [3.05, 3.63) is 72.4 Å². The Balaban J connectivity index is 2.48. The normalized spacial score (nSPS) is 11.8. The molecule has 0 saturated heterocycles. The molecule has 2 aromatic rings. The quantitative estimate of drug-likeness (QED) is 0.503. The summed E-state index contributed by atoms with van der Waals surface area (Å²) < 4.78 is 18.8. The molecule has 0 saturated carbocycles. The van der Waals surface area contributed by atoms with Gasteiger partial charge in [-0.05, 0) is 38.1 Å². The maximum Gasteiger partial charge on any atom is 0.354 e. The van der Waals surface area contributed by atoms with Gasteiger partial charge in [-0.15, -0.1) is 0 Å². The molecule has 120 valence electrons. The number of carbonyl (C=O) groups is 1. The zero-order valence-corrected chi connectivity index (χ0v) is 14.1. The van der Waals surface area contributed by atoms with Crippen molar-refractivity contribution in [2.24, 2.45) is 0 Å². The molecule has 2 aromatic carbocycles. The molecule has 0 spiro atoms. The minimum Gasteiger partial charge on any atom is -0.461 e. The highest BCUT2D eigenvalue weighted by molar-refractivity contribution is 7.77. The average molecular weight is 329 g/mol. The van der Waals surface area contributed by atoms with E-state index in [1.165, 1.54) is 0 Å². The van der Waals surface area contributed by atoms with Gasteiger partial charge in [0.1, 0.15) is 5.70 Å². The minimum absolute atomic E-state index is 0.197. The minimum atomic E-state index is -3.19. The summed E-state index contributed by atoms with van der Waals surface area (Å²) in [7, 11) is -3.19. The van der Waals surface area contributed by atoms with Crippen LogP contribution in [0.25, 0.3) is 0 Å². The average Bonchev–Trinajstić information content (AvgIpc) is 2.61. The molecule has 4 nitrogen and oxygen atoms in total. The van der Waals surface area contributed by atoms with Gasteiger partial charge in [0.05, 0.1) is 6.61 Å². The Hall–Kier alpha value is -2.32. The summed E-state index contributed by atoms with van der Waals surface area (Å²) in [5, 5.41) is 4.21. The lowest BCUT2D eigenvalue weighted by molar-refractivity contribution is -0.138. The van der Waals surface area contributed by atoms with Crippen LogP contribution in [0, 0.1) is 0 Å². The number of rotatable bonds is 6. The van der Waals surface area contributed by atoms with Crippen molar-refractivity contribution in [2.75, 3.05) is 6.61 Å². The Labute approximate surface area is 136 Å².